The van der Waals surface area contributed by atoms with Gasteiger partial charge in [0, 0.05) is 6.61 Å². The second kappa shape index (κ2) is 5.71. The van der Waals surface area contributed by atoms with Crippen molar-refractivity contribution in [2.45, 2.75) is 12.8 Å². The number of carbonyl (C=O) groups excluding carboxylic acids is 1. The predicted molar refractivity (Wildman–Crippen MR) is 68.6 cm³/mol. The van der Waals surface area contributed by atoms with Gasteiger partial charge in [-0.3, -0.25) is 4.79 Å². The third kappa shape index (κ3) is 3.12. The molecular weight excluding hydrogens is 261 g/mol. The molecule has 5 heteroatoms. The zero-order chi connectivity index (χ0) is 12.3. The average molecular weight is 274 g/mol. The van der Waals surface area contributed by atoms with E-state index in [4.69, 9.17) is 27.9 Å². The van der Waals surface area contributed by atoms with Gasteiger partial charge in [0.1, 0.15) is 0 Å². The predicted octanol–water partition coefficient (Wildman–Crippen LogP) is 3.36. The van der Waals surface area contributed by atoms with Crippen LogP contribution in [-0.4, -0.2) is 19.1 Å². The van der Waals surface area contributed by atoms with Crippen molar-refractivity contribution in [2.75, 3.05) is 18.5 Å². The maximum atomic E-state index is 11.9. The van der Waals surface area contributed by atoms with Crippen molar-refractivity contribution in [3.63, 3.8) is 0 Å². The zero-order valence-electron chi connectivity index (χ0n) is 9.21. The van der Waals surface area contributed by atoms with Crippen molar-refractivity contribution in [3.8, 4) is 0 Å². The van der Waals surface area contributed by atoms with Crippen LogP contribution >= 0.6 is 23.2 Å². The first-order valence-corrected chi connectivity index (χ1v) is 6.26. The molecular formula is C12H13Cl2NO2. The van der Waals surface area contributed by atoms with Crippen LogP contribution in [0.3, 0.4) is 0 Å². The lowest BCUT2D eigenvalue weighted by Crippen LogP contribution is -2.30. The number of benzene rings is 1. The number of carbonyl (C=O) groups is 1. The Bertz CT molecular complexity index is 417. The van der Waals surface area contributed by atoms with Crippen LogP contribution in [-0.2, 0) is 9.53 Å². The molecule has 1 amide bonds. The lowest BCUT2D eigenvalue weighted by Gasteiger charge is -2.21. The lowest BCUT2D eigenvalue weighted by atomic mass is 10.0. The third-order valence-electron chi connectivity index (χ3n) is 2.74. The summed E-state index contributed by atoms with van der Waals surface area (Å²) in [6.45, 7) is 1.21. The number of hydrogen-bond donors (Lipinski definition) is 1. The third-order valence-corrected chi connectivity index (χ3v) is 3.56. The fourth-order valence-electron chi connectivity index (χ4n) is 1.78. The van der Waals surface area contributed by atoms with Crippen LogP contribution in [0.2, 0.25) is 10.0 Å². The van der Waals surface area contributed by atoms with E-state index in [-0.39, 0.29) is 11.8 Å². The summed E-state index contributed by atoms with van der Waals surface area (Å²) in [5.41, 5.74) is 0.551. The number of amides is 1. The molecule has 1 heterocycles. The Morgan fingerprint density at radius 3 is 2.94 bits per heavy atom. The van der Waals surface area contributed by atoms with E-state index < -0.39 is 0 Å². The van der Waals surface area contributed by atoms with Crippen LogP contribution in [0, 0.1) is 5.92 Å². The second-order valence-corrected chi connectivity index (χ2v) is 4.79. The van der Waals surface area contributed by atoms with Gasteiger partial charge in [-0.1, -0.05) is 29.3 Å². The number of halogens is 2. The van der Waals surface area contributed by atoms with Crippen LogP contribution in [0.15, 0.2) is 18.2 Å². The standard InChI is InChI=1S/C12H13Cl2NO2/c13-9-4-1-5-10(11(9)14)15-12(16)8-3-2-6-17-7-8/h1,4-5,8H,2-3,6-7H2,(H,15,16). The molecule has 1 aromatic rings. The average Bonchev–Trinajstić information content (AvgIpc) is 2.36. The van der Waals surface area contributed by atoms with Crippen molar-refractivity contribution in [1.82, 2.24) is 0 Å². The van der Waals surface area contributed by atoms with Gasteiger partial charge in [0.15, 0.2) is 0 Å². The van der Waals surface area contributed by atoms with E-state index in [1.807, 2.05) is 0 Å². The molecule has 1 aliphatic rings. The fraction of sp³-hybridized carbons (Fsp3) is 0.417. The molecule has 1 fully saturated rings. The zero-order valence-corrected chi connectivity index (χ0v) is 10.7. The Morgan fingerprint density at radius 2 is 2.24 bits per heavy atom. The van der Waals surface area contributed by atoms with Gasteiger partial charge in [-0.05, 0) is 25.0 Å². The van der Waals surface area contributed by atoms with Gasteiger partial charge >= 0.3 is 0 Å². The Labute approximate surface area is 110 Å². The summed E-state index contributed by atoms with van der Waals surface area (Å²) in [6.07, 6.45) is 1.77. The molecule has 1 aromatic carbocycles. The van der Waals surface area contributed by atoms with Gasteiger partial charge in [-0.25, -0.2) is 0 Å². The molecule has 0 spiro atoms. The molecule has 1 N–H and O–H groups in total. The van der Waals surface area contributed by atoms with E-state index in [0.29, 0.717) is 22.3 Å². The molecule has 1 aliphatic heterocycles. The number of anilines is 1. The van der Waals surface area contributed by atoms with Crippen molar-refractivity contribution in [1.29, 1.82) is 0 Å². The van der Waals surface area contributed by atoms with E-state index in [1.165, 1.54) is 0 Å². The van der Waals surface area contributed by atoms with E-state index in [0.717, 1.165) is 19.4 Å². The number of rotatable bonds is 2. The summed E-state index contributed by atoms with van der Waals surface area (Å²) in [6, 6.07) is 5.17. The van der Waals surface area contributed by atoms with Gasteiger partial charge < -0.3 is 10.1 Å². The Morgan fingerprint density at radius 1 is 1.41 bits per heavy atom. The van der Waals surface area contributed by atoms with Gasteiger partial charge in [0.05, 0.1) is 28.3 Å². The molecule has 0 saturated carbocycles. The SMILES string of the molecule is O=C(Nc1cccc(Cl)c1Cl)C1CCCOC1. The summed E-state index contributed by atoms with van der Waals surface area (Å²) in [5, 5.41) is 3.59. The van der Waals surface area contributed by atoms with E-state index in [1.54, 1.807) is 18.2 Å². The highest BCUT2D eigenvalue weighted by molar-refractivity contribution is 6.43. The highest BCUT2D eigenvalue weighted by Crippen LogP contribution is 2.30. The molecule has 1 unspecified atom stereocenters. The van der Waals surface area contributed by atoms with Gasteiger partial charge in [0.25, 0.3) is 0 Å². The molecule has 92 valence electrons. The number of ether oxygens (including phenoxy) is 1. The van der Waals surface area contributed by atoms with Crippen molar-refractivity contribution in [3.05, 3.63) is 28.2 Å². The Hall–Kier alpha value is -0.770. The minimum Gasteiger partial charge on any atom is -0.381 e. The second-order valence-electron chi connectivity index (χ2n) is 4.00. The molecule has 17 heavy (non-hydrogen) atoms. The lowest BCUT2D eigenvalue weighted by molar-refractivity contribution is -0.123. The normalized spacial score (nSPS) is 20.0. The van der Waals surface area contributed by atoms with E-state index in [2.05, 4.69) is 5.32 Å². The highest BCUT2D eigenvalue weighted by Gasteiger charge is 2.22. The largest absolute Gasteiger partial charge is 0.381 e. The maximum absolute atomic E-state index is 11.9. The molecule has 1 saturated heterocycles. The molecule has 0 aromatic heterocycles. The first-order valence-electron chi connectivity index (χ1n) is 5.51. The topological polar surface area (TPSA) is 38.3 Å². The number of nitrogens with one attached hydrogen (secondary N) is 1. The highest BCUT2D eigenvalue weighted by atomic mass is 35.5. The summed E-state index contributed by atoms with van der Waals surface area (Å²) in [4.78, 5) is 11.9. The fourth-order valence-corrected chi connectivity index (χ4v) is 2.13. The summed E-state index contributed by atoms with van der Waals surface area (Å²) in [7, 11) is 0. The van der Waals surface area contributed by atoms with E-state index in [9.17, 15) is 4.79 Å². The Kier molecular flexibility index (Phi) is 4.26. The molecule has 0 radical (unpaired) electrons. The van der Waals surface area contributed by atoms with Crippen LogP contribution in [0.25, 0.3) is 0 Å². The van der Waals surface area contributed by atoms with Crippen LogP contribution < -0.4 is 5.32 Å². The molecule has 1 atom stereocenters. The minimum atomic E-state index is -0.0983. The summed E-state index contributed by atoms with van der Waals surface area (Å²) < 4.78 is 5.28. The Balaban J connectivity index is 2.04. The number of hydrogen-bond acceptors (Lipinski definition) is 2. The smallest absolute Gasteiger partial charge is 0.229 e. The molecule has 0 aliphatic carbocycles. The summed E-state index contributed by atoms with van der Waals surface area (Å²) >= 11 is 11.9. The maximum Gasteiger partial charge on any atom is 0.229 e. The first-order chi connectivity index (χ1) is 8.18. The molecule has 0 bridgehead atoms. The van der Waals surface area contributed by atoms with Gasteiger partial charge in [-0.15, -0.1) is 0 Å². The summed E-state index contributed by atoms with van der Waals surface area (Å²) in [5.74, 6) is -0.160. The minimum absolute atomic E-state index is 0.0612. The monoisotopic (exact) mass is 273 g/mol. The molecule has 2 rings (SSSR count). The first kappa shape index (κ1) is 12.7. The quantitative estimate of drug-likeness (QED) is 0.898. The van der Waals surface area contributed by atoms with Crippen LogP contribution in [0.5, 0.6) is 0 Å². The van der Waals surface area contributed by atoms with Crippen LogP contribution in [0.1, 0.15) is 12.8 Å². The van der Waals surface area contributed by atoms with Crippen molar-refractivity contribution in [2.24, 2.45) is 5.92 Å². The van der Waals surface area contributed by atoms with Gasteiger partial charge in [-0.2, -0.15) is 0 Å². The van der Waals surface area contributed by atoms with Gasteiger partial charge in [0.2, 0.25) is 5.91 Å². The van der Waals surface area contributed by atoms with Crippen molar-refractivity contribution < 1.29 is 9.53 Å². The van der Waals surface area contributed by atoms with E-state index >= 15 is 0 Å². The van der Waals surface area contributed by atoms with Crippen LogP contribution in [0.4, 0.5) is 5.69 Å². The van der Waals surface area contributed by atoms with Crippen molar-refractivity contribution >= 4 is 34.8 Å². The molecule has 3 nitrogen and oxygen atoms in total.